The van der Waals surface area contributed by atoms with Gasteiger partial charge in [-0.25, -0.2) is 0 Å². The molecule has 1 aromatic rings. The lowest BCUT2D eigenvalue weighted by molar-refractivity contribution is 0.0705. The maximum Gasteiger partial charge on any atom is 0.253 e. The van der Waals surface area contributed by atoms with Crippen molar-refractivity contribution in [1.29, 1.82) is 0 Å². The molecule has 1 saturated carbocycles. The molecule has 1 aliphatic carbocycles. The quantitative estimate of drug-likeness (QED) is 0.876. The van der Waals surface area contributed by atoms with Gasteiger partial charge in [0, 0.05) is 34.7 Å². The Hall–Kier alpha value is -0.480. The molecule has 1 aliphatic heterocycles. The fourth-order valence-electron chi connectivity index (χ4n) is 2.80. The summed E-state index contributed by atoms with van der Waals surface area (Å²) in [5.41, 5.74) is 0.580. The van der Waals surface area contributed by atoms with Crippen molar-refractivity contribution in [2.45, 2.75) is 31.7 Å². The number of likely N-dealkylation sites (tertiary alicyclic amines) is 1. The molecular weight excluding hydrogens is 343 g/mol. The van der Waals surface area contributed by atoms with Crippen molar-refractivity contribution in [3.8, 4) is 0 Å². The van der Waals surface area contributed by atoms with Crippen molar-refractivity contribution in [2.24, 2.45) is 5.92 Å². The molecule has 122 valence electrons. The van der Waals surface area contributed by atoms with Crippen LogP contribution in [-0.4, -0.2) is 36.5 Å². The van der Waals surface area contributed by atoms with Crippen LogP contribution in [0.1, 0.15) is 36.0 Å². The number of carbonyl (C=O) groups is 1. The van der Waals surface area contributed by atoms with E-state index in [0.717, 1.165) is 38.4 Å². The van der Waals surface area contributed by atoms with Gasteiger partial charge in [0.05, 0.1) is 0 Å². The molecule has 1 saturated heterocycles. The zero-order valence-electron chi connectivity index (χ0n) is 12.4. The van der Waals surface area contributed by atoms with Crippen LogP contribution in [0.3, 0.4) is 0 Å². The summed E-state index contributed by atoms with van der Waals surface area (Å²) in [7, 11) is 0. The Morgan fingerprint density at radius 1 is 1.09 bits per heavy atom. The SMILES string of the molecule is Cl.O=C(c1cc(Cl)cc(Cl)c1)N1CCC(NCC2CC2)CC1. The van der Waals surface area contributed by atoms with Crippen LogP contribution in [0, 0.1) is 5.92 Å². The lowest BCUT2D eigenvalue weighted by Crippen LogP contribution is -2.45. The second-order valence-corrected chi connectivity index (χ2v) is 6.95. The number of carbonyl (C=O) groups excluding carboxylic acids is 1. The van der Waals surface area contributed by atoms with Crippen LogP contribution in [0.4, 0.5) is 0 Å². The normalized spacial score (nSPS) is 18.9. The van der Waals surface area contributed by atoms with E-state index in [1.165, 1.54) is 12.8 Å². The van der Waals surface area contributed by atoms with Gasteiger partial charge in [-0.2, -0.15) is 0 Å². The number of hydrogen-bond donors (Lipinski definition) is 1. The highest BCUT2D eigenvalue weighted by molar-refractivity contribution is 6.35. The van der Waals surface area contributed by atoms with Crippen molar-refractivity contribution >= 4 is 41.5 Å². The lowest BCUT2D eigenvalue weighted by Gasteiger charge is -2.32. The Kier molecular flexibility index (Phi) is 6.39. The lowest BCUT2D eigenvalue weighted by atomic mass is 10.0. The summed E-state index contributed by atoms with van der Waals surface area (Å²) >= 11 is 11.9. The minimum absolute atomic E-state index is 0. The van der Waals surface area contributed by atoms with Gasteiger partial charge in [-0.3, -0.25) is 4.79 Å². The van der Waals surface area contributed by atoms with Gasteiger partial charge in [0.2, 0.25) is 0 Å². The first-order chi connectivity index (χ1) is 10.1. The Labute approximate surface area is 147 Å². The van der Waals surface area contributed by atoms with Crippen LogP contribution in [-0.2, 0) is 0 Å². The molecule has 6 heteroatoms. The molecule has 1 aromatic carbocycles. The van der Waals surface area contributed by atoms with Crippen molar-refractivity contribution in [3.63, 3.8) is 0 Å². The highest BCUT2D eigenvalue weighted by atomic mass is 35.5. The highest BCUT2D eigenvalue weighted by Crippen LogP contribution is 2.28. The number of amides is 1. The molecule has 1 heterocycles. The van der Waals surface area contributed by atoms with E-state index >= 15 is 0 Å². The van der Waals surface area contributed by atoms with E-state index in [-0.39, 0.29) is 18.3 Å². The second-order valence-electron chi connectivity index (χ2n) is 6.08. The maximum atomic E-state index is 12.5. The Morgan fingerprint density at radius 2 is 1.68 bits per heavy atom. The second kappa shape index (κ2) is 7.87. The monoisotopic (exact) mass is 362 g/mol. The van der Waals surface area contributed by atoms with Crippen LogP contribution in [0.25, 0.3) is 0 Å². The maximum absolute atomic E-state index is 12.5. The molecule has 0 aromatic heterocycles. The first-order valence-electron chi connectivity index (χ1n) is 7.60. The van der Waals surface area contributed by atoms with Crippen LogP contribution in [0.15, 0.2) is 18.2 Å². The topological polar surface area (TPSA) is 32.3 Å². The van der Waals surface area contributed by atoms with Gasteiger partial charge in [0.25, 0.3) is 5.91 Å². The minimum Gasteiger partial charge on any atom is -0.339 e. The fraction of sp³-hybridized carbons (Fsp3) is 0.562. The number of nitrogens with zero attached hydrogens (tertiary/aromatic N) is 1. The zero-order chi connectivity index (χ0) is 14.8. The number of nitrogens with one attached hydrogen (secondary N) is 1. The average Bonchev–Trinajstić information content (AvgIpc) is 3.28. The molecule has 22 heavy (non-hydrogen) atoms. The fourth-order valence-corrected chi connectivity index (χ4v) is 3.33. The predicted octanol–water partition coefficient (Wildman–Crippen LogP) is 4.02. The van der Waals surface area contributed by atoms with E-state index in [0.29, 0.717) is 21.7 Å². The van der Waals surface area contributed by atoms with Gasteiger partial charge in [0.1, 0.15) is 0 Å². The van der Waals surface area contributed by atoms with E-state index in [9.17, 15) is 4.79 Å². The molecule has 1 amide bonds. The summed E-state index contributed by atoms with van der Waals surface area (Å²) in [5.74, 6) is 0.929. The largest absolute Gasteiger partial charge is 0.339 e. The van der Waals surface area contributed by atoms with Gasteiger partial charge in [0.15, 0.2) is 0 Å². The van der Waals surface area contributed by atoms with E-state index in [2.05, 4.69) is 5.32 Å². The third-order valence-corrected chi connectivity index (χ3v) is 4.72. The number of piperidine rings is 1. The Balaban J connectivity index is 0.00000176. The summed E-state index contributed by atoms with van der Waals surface area (Å²) in [6, 6.07) is 5.58. The van der Waals surface area contributed by atoms with E-state index in [4.69, 9.17) is 23.2 Å². The first-order valence-corrected chi connectivity index (χ1v) is 8.36. The molecule has 1 N–H and O–H groups in total. The summed E-state index contributed by atoms with van der Waals surface area (Å²) in [5, 5.41) is 4.63. The van der Waals surface area contributed by atoms with Gasteiger partial charge in [-0.1, -0.05) is 23.2 Å². The number of benzene rings is 1. The van der Waals surface area contributed by atoms with E-state index in [1.807, 2.05) is 4.90 Å². The number of hydrogen-bond acceptors (Lipinski definition) is 2. The summed E-state index contributed by atoms with van der Waals surface area (Å²) in [6.45, 7) is 2.74. The van der Waals surface area contributed by atoms with Crippen molar-refractivity contribution in [2.75, 3.05) is 19.6 Å². The molecule has 0 spiro atoms. The van der Waals surface area contributed by atoms with Gasteiger partial charge >= 0.3 is 0 Å². The van der Waals surface area contributed by atoms with Crippen LogP contribution in [0.5, 0.6) is 0 Å². The summed E-state index contributed by atoms with van der Waals surface area (Å²) < 4.78 is 0. The average molecular weight is 364 g/mol. The number of rotatable bonds is 4. The van der Waals surface area contributed by atoms with Crippen LogP contribution < -0.4 is 5.32 Å². The van der Waals surface area contributed by atoms with E-state index in [1.54, 1.807) is 18.2 Å². The zero-order valence-corrected chi connectivity index (χ0v) is 14.7. The molecule has 0 radical (unpaired) electrons. The van der Waals surface area contributed by atoms with Crippen molar-refractivity contribution < 1.29 is 4.79 Å². The van der Waals surface area contributed by atoms with Gasteiger partial charge in [-0.15, -0.1) is 12.4 Å². The smallest absolute Gasteiger partial charge is 0.253 e. The standard InChI is InChI=1S/C16H20Cl2N2O.ClH/c17-13-7-12(8-14(18)9-13)16(21)20-5-3-15(4-6-20)19-10-11-1-2-11;/h7-9,11,15,19H,1-6,10H2;1H. The molecule has 0 unspecified atom stereocenters. The van der Waals surface area contributed by atoms with Crippen LogP contribution >= 0.6 is 35.6 Å². The molecule has 3 rings (SSSR count). The van der Waals surface area contributed by atoms with Crippen LogP contribution in [0.2, 0.25) is 10.0 Å². The molecule has 0 atom stereocenters. The third-order valence-electron chi connectivity index (χ3n) is 4.28. The predicted molar refractivity (Wildman–Crippen MR) is 93.4 cm³/mol. The van der Waals surface area contributed by atoms with E-state index < -0.39 is 0 Å². The highest BCUT2D eigenvalue weighted by Gasteiger charge is 2.26. The molecule has 2 aliphatic rings. The minimum atomic E-state index is 0. The molecular formula is C16H21Cl3N2O. The first kappa shape index (κ1) is 17.9. The molecule has 3 nitrogen and oxygen atoms in total. The Morgan fingerprint density at radius 3 is 2.23 bits per heavy atom. The summed E-state index contributed by atoms with van der Waals surface area (Å²) in [4.78, 5) is 14.4. The van der Waals surface area contributed by atoms with Crippen molar-refractivity contribution in [3.05, 3.63) is 33.8 Å². The van der Waals surface area contributed by atoms with Crippen molar-refractivity contribution in [1.82, 2.24) is 10.2 Å². The third kappa shape index (κ3) is 4.76. The summed E-state index contributed by atoms with van der Waals surface area (Å²) in [6.07, 6.45) is 4.79. The molecule has 0 bridgehead atoms. The Bertz CT molecular complexity index is 506. The van der Waals surface area contributed by atoms with Gasteiger partial charge < -0.3 is 10.2 Å². The van der Waals surface area contributed by atoms with Gasteiger partial charge in [-0.05, 0) is 56.3 Å². The molecule has 2 fully saturated rings. The number of halogens is 3.